The van der Waals surface area contributed by atoms with Crippen LogP contribution in [0.25, 0.3) is 0 Å². The molecule has 0 aromatic heterocycles. The minimum atomic E-state index is -0.447. The summed E-state index contributed by atoms with van der Waals surface area (Å²) in [6.07, 6.45) is 0. The molecule has 0 aliphatic carbocycles. The van der Waals surface area contributed by atoms with Crippen LogP contribution in [0.3, 0.4) is 0 Å². The van der Waals surface area contributed by atoms with E-state index < -0.39 is 5.82 Å². The number of hydrogen-bond acceptors (Lipinski definition) is 3. The topological polar surface area (TPSA) is 45.0 Å². The van der Waals surface area contributed by atoms with Crippen LogP contribution in [0.4, 0.5) is 15.8 Å². The summed E-state index contributed by atoms with van der Waals surface area (Å²) in [6.45, 7) is 0. The highest BCUT2D eigenvalue weighted by Gasteiger charge is 2.05. The van der Waals surface area contributed by atoms with Crippen LogP contribution in [0.2, 0.25) is 0 Å². The van der Waals surface area contributed by atoms with Crippen molar-refractivity contribution in [1.82, 2.24) is 0 Å². The van der Waals surface area contributed by atoms with Crippen LogP contribution in [0.5, 0.6) is 5.75 Å². The summed E-state index contributed by atoms with van der Waals surface area (Å²) in [6, 6.07) is 13.7. The lowest BCUT2D eigenvalue weighted by atomic mass is 10.2. The first-order valence-corrected chi connectivity index (χ1v) is 5.34. The third-order valence-corrected chi connectivity index (χ3v) is 2.48. The molecule has 0 bridgehead atoms. The fourth-order valence-electron chi connectivity index (χ4n) is 1.59. The van der Waals surface area contributed by atoms with E-state index in [2.05, 4.69) is 11.4 Å². The third kappa shape index (κ3) is 2.41. The molecule has 2 aromatic carbocycles. The zero-order valence-electron chi connectivity index (χ0n) is 9.77. The molecular formula is C14H11FN2O. The van der Waals surface area contributed by atoms with E-state index in [1.807, 2.05) is 6.07 Å². The minimum absolute atomic E-state index is 0.189. The Balaban J connectivity index is 2.29. The van der Waals surface area contributed by atoms with Crippen LogP contribution < -0.4 is 10.1 Å². The first-order valence-electron chi connectivity index (χ1n) is 5.34. The summed E-state index contributed by atoms with van der Waals surface area (Å²) in [5.41, 5.74) is 1.72. The SMILES string of the molecule is COc1ccc(Nc2ccccc2C#N)cc1F. The number of ether oxygens (including phenoxy) is 1. The van der Waals surface area contributed by atoms with Crippen LogP contribution in [-0.2, 0) is 0 Å². The summed E-state index contributed by atoms with van der Waals surface area (Å²) >= 11 is 0. The number of rotatable bonds is 3. The van der Waals surface area contributed by atoms with Gasteiger partial charge in [-0.05, 0) is 24.3 Å². The molecule has 0 saturated carbocycles. The van der Waals surface area contributed by atoms with Gasteiger partial charge in [-0.2, -0.15) is 5.26 Å². The second-order valence-electron chi connectivity index (χ2n) is 3.63. The number of nitriles is 1. The van der Waals surface area contributed by atoms with Gasteiger partial charge < -0.3 is 10.1 Å². The smallest absolute Gasteiger partial charge is 0.167 e. The van der Waals surface area contributed by atoms with Crippen LogP contribution >= 0.6 is 0 Å². The van der Waals surface area contributed by atoms with Crippen molar-refractivity contribution in [3.8, 4) is 11.8 Å². The van der Waals surface area contributed by atoms with E-state index in [0.717, 1.165) is 0 Å². The number of benzene rings is 2. The van der Waals surface area contributed by atoms with Crippen LogP contribution in [0.15, 0.2) is 42.5 Å². The summed E-state index contributed by atoms with van der Waals surface area (Å²) in [4.78, 5) is 0. The molecule has 18 heavy (non-hydrogen) atoms. The van der Waals surface area contributed by atoms with Gasteiger partial charge in [-0.3, -0.25) is 0 Å². The largest absolute Gasteiger partial charge is 0.494 e. The number of nitrogens with zero attached hydrogens (tertiary/aromatic N) is 1. The van der Waals surface area contributed by atoms with E-state index in [1.54, 1.807) is 24.3 Å². The Labute approximate surface area is 104 Å². The Hall–Kier alpha value is -2.54. The van der Waals surface area contributed by atoms with Gasteiger partial charge in [0, 0.05) is 11.8 Å². The molecule has 2 aromatic rings. The number of anilines is 2. The highest BCUT2D eigenvalue weighted by molar-refractivity contribution is 5.66. The standard InChI is InChI=1S/C14H11FN2O/c1-18-14-7-6-11(8-12(14)15)17-13-5-3-2-4-10(13)9-16/h2-8,17H,1H3. The monoisotopic (exact) mass is 242 g/mol. The molecule has 0 amide bonds. The summed E-state index contributed by atoms with van der Waals surface area (Å²) < 4.78 is 18.3. The highest BCUT2D eigenvalue weighted by atomic mass is 19.1. The van der Waals surface area contributed by atoms with Gasteiger partial charge in [0.1, 0.15) is 6.07 Å². The predicted molar refractivity (Wildman–Crippen MR) is 67.4 cm³/mol. The Morgan fingerprint density at radius 1 is 1.22 bits per heavy atom. The Bertz CT molecular complexity index is 605. The second-order valence-corrected chi connectivity index (χ2v) is 3.63. The predicted octanol–water partition coefficient (Wildman–Crippen LogP) is 3.45. The van der Waals surface area contributed by atoms with Gasteiger partial charge in [-0.25, -0.2) is 4.39 Å². The minimum Gasteiger partial charge on any atom is -0.494 e. The van der Waals surface area contributed by atoms with Gasteiger partial charge in [0.05, 0.1) is 18.4 Å². The molecule has 90 valence electrons. The van der Waals surface area contributed by atoms with Crippen molar-refractivity contribution >= 4 is 11.4 Å². The lowest BCUT2D eigenvalue weighted by Crippen LogP contribution is -1.95. The van der Waals surface area contributed by atoms with Gasteiger partial charge >= 0.3 is 0 Å². The average Bonchev–Trinajstić information content (AvgIpc) is 2.39. The maximum Gasteiger partial charge on any atom is 0.167 e. The molecule has 0 saturated heterocycles. The number of para-hydroxylation sites is 1. The van der Waals surface area contributed by atoms with Gasteiger partial charge in [0.2, 0.25) is 0 Å². The van der Waals surface area contributed by atoms with E-state index >= 15 is 0 Å². The molecule has 3 nitrogen and oxygen atoms in total. The normalized spacial score (nSPS) is 9.61. The molecule has 0 atom stereocenters. The third-order valence-electron chi connectivity index (χ3n) is 2.48. The highest BCUT2D eigenvalue weighted by Crippen LogP contribution is 2.24. The maximum absolute atomic E-state index is 13.5. The Kier molecular flexibility index (Phi) is 3.44. The lowest BCUT2D eigenvalue weighted by Gasteiger charge is -2.09. The summed E-state index contributed by atoms with van der Waals surface area (Å²) in [5.74, 6) is -0.258. The first-order chi connectivity index (χ1) is 8.74. The molecule has 4 heteroatoms. The van der Waals surface area contributed by atoms with Crippen LogP contribution in [-0.4, -0.2) is 7.11 Å². The molecule has 0 heterocycles. The second kappa shape index (κ2) is 5.19. The number of nitrogens with one attached hydrogen (secondary N) is 1. The zero-order valence-corrected chi connectivity index (χ0v) is 9.77. The molecule has 0 unspecified atom stereocenters. The molecule has 2 rings (SSSR count). The molecule has 1 N–H and O–H groups in total. The average molecular weight is 242 g/mol. The molecule has 0 aliphatic heterocycles. The van der Waals surface area contributed by atoms with Crippen molar-refractivity contribution in [2.75, 3.05) is 12.4 Å². The Morgan fingerprint density at radius 2 is 2.00 bits per heavy atom. The van der Waals surface area contributed by atoms with Crippen LogP contribution in [0, 0.1) is 17.1 Å². The van der Waals surface area contributed by atoms with E-state index in [0.29, 0.717) is 16.9 Å². The molecule has 0 spiro atoms. The van der Waals surface area contributed by atoms with Crippen LogP contribution in [0.1, 0.15) is 5.56 Å². The van der Waals surface area contributed by atoms with Crippen molar-refractivity contribution in [2.24, 2.45) is 0 Å². The van der Waals surface area contributed by atoms with E-state index in [1.165, 1.54) is 19.2 Å². The van der Waals surface area contributed by atoms with Gasteiger partial charge in [0.15, 0.2) is 11.6 Å². The molecular weight excluding hydrogens is 231 g/mol. The number of methoxy groups -OCH3 is 1. The quantitative estimate of drug-likeness (QED) is 0.896. The lowest BCUT2D eigenvalue weighted by molar-refractivity contribution is 0.386. The van der Waals surface area contributed by atoms with Gasteiger partial charge in [-0.15, -0.1) is 0 Å². The van der Waals surface area contributed by atoms with Crippen molar-refractivity contribution in [3.63, 3.8) is 0 Å². The van der Waals surface area contributed by atoms with Crippen molar-refractivity contribution in [2.45, 2.75) is 0 Å². The van der Waals surface area contributed by atoms with Crippen molar-refractivity contribution in [1.29, 1.82) is 5.26 Å². The zero-order chi connectivity index (χ0) is 13.0. The fourth-order valence-corrected chi connectivity index (χ4v) is 1.59. The number of halogens is 1. The molecule has 0 radical (unpaired) electrons. The fraction of sp³-hybridized carbons (Fsp3) is 0.0714. The first kappa shape index (κ1) is 11.9. The Morgan fingerprint density at radius 3 is 2.67 bits per heavy atom. The molecule has 0 fully saturated rings. The maximum atomic E-state index is 13.5. The van der Waals surface area contributed by atoms with Crippen molar-refractivity contribution in [3.05, 3.63) is 53.8 Å². The summed E-state index contributed by atoms with van der Waals surface area (Å²) in [5, 5.41) is 11.9. The van der Waals surface area contributed by atoms with Gasteiger partial charge in [-0.1, -0.05) is 12.1 Å². The van der Waals surface area contributed by atoms with Gasteiger partial charge in [0.25, 0.3) is 0 Å². The van der Waals surface area contributed by atoms with E-state index in [4.69, 9.17) is 10.00 Å². The number of hydrogen-bond donors (Lipinski definition) is 1. The van der Waals surface area contributed by atoms with E-state index in [-0.39, 0.29) is 5.75 Å². The van der Waals surface area contributed by atoms with Crippen molar-refractivity contribution < 1.29 is 9.13 Å². The summed E-state index contributed by atoms with van der Waals surface area (Å²) in [7, 11) is 1.41. The molecule has 0 aliphatic rings. The van der Waals surface area contributed by atoms with E-state index in [9.17, 15) is 4.39 Å².